The average Bonchev–Trinajstić information content (AvgIpc) is 2.35. The van der Waals surface area contributed by atoms with Crippen molar-refractivity contribution >= 4 is 27.7 Å². The van der Waals surface area contributed by atoms with Crippen LogP contribution in [0.2, 0.25) is 0 Å². The molecule has 20 heavy (non-hydrogen) atoms. The number of halogens is 1. The first-order valence-corrected chi connectivity index (χ1v) is 7.39. The summed E-state index contributed by atoms with van der Waals surface area (Å²) in [5.41, 5.74) is 1.64. The molecule has 110 valence electrons. The summed E-state index contributed by atoms with van der Waals surface area (Å²) in [6.07, 6.45) is 0. The van der Waals surface area contributed by atoms with E-state index in [1.54, 1.807) is 13.1 Å². The topological polar surface area (TPSA) is 49.4 Å². The average molecular weight is 341 g/mol. The lowest BCUT2D eigenvalue weighted by Crippen LogP contribution is -2.39. The van der Waals surface area contributed by atoms with Gasteiger partial charge in [0.1, 0.15) is 0 Å². The SMILES string of the molecule is Cc1ccc(C(=O)N(C)CC(=O)NCC(C)C)c(Br)c1. The van der Waals surface area contributed by atoms with Gasteiger partial charge in [-0.25, -0.2) is 0 Å². The molecule has 1 rings (SSSR count). The van der Waals surface area contributed by atoms with E-state index in [-0.39, 0.29) is 18.4 Å². The first kappa shape index (κ1) is 16.7. The summed E-state index contributed by atoms with van der Waals surface area (Å²) in [4.78, 5) is 25.4. The molecule has 0 bridgehead atoms. The molecule has 0 atom stereocenters. The third kappa shape index (κ3) is 4.96. The number of nitrogens with zero attached hydrogens (tertiary/aromatic N) is 1. The van der Waals surface area contributed by atoms with Crippen molar-refractivity contribution < 1.29 is 9.59 Å². The highest BCUT2D eigenvalue weighted by molar-refractivity contribution is 9.10. The maximum absolute atomic E-state index is 12.3. The number of carbonyl (C=O) groups is 2. The van der Waals surface area contributed by atoms with Gasteiger partial charge in [-0.3, -0.25) is 9.59 Å². The number of carbonyl (C=O) groups excluding carboxylic acids is 2. The summed E-state index contributed by atoms with van der Waals surface area (Å²) in [6, 6.07) is 5.54. The molecule has 5 heteroatoms. The van der Waals surface area contributed by atoms with Gasteiger partial charge in [0.2, 0.25) is 5.91 Å². The van der Waals surface area contributed by atoms with Gasteiger partial charge in [-0.1, -0.05) is 19.9 Å². The minimum absolute atomic E-state index is 0.0614. The quantitative estimate of drug-likeness (QED) is 0.895. The van der Waals surface area contributed by atoms with E-state index in [1.165, 1.54) is 4.90 Å². The third-order valence-electron chi connectivity index (χ3n) is 2.79. The zero-order valence-electron chi connectivity index (χ0n) is 12.4. The van der Waals surface area contributed by atoms with E-state index in [2.05, 4.69) is 21.2 Å². The summed E-state index contributed by atoms with van der Waals surface area (Å²) in [7, 11) is 1.63. The number of amides is 2. The predicted molar refractivity (Wildman–Crippen MR) is 83.7 cm³/mol. The Morgan fingerprint density at radius 3 is 2.55 bits per heavy atom. The number of nitrogens with one attached hydrogen (secondary N) is 1. The Hall–Kier alpha value is -1.36. The van der Waals surface area contributed by atoms with Crippen molar-refractivity contribution in [1.82, 2.24) is 10.2 Å². The molecule has 0 spiro atoms. The van der Waals surface area contributed by atoms with Gasteiger partial charge in [0.25, 0.3) is 5.91 Å². The lowest BCUT2D eigenvalue weighted by Gasteiger charge is -2.18. The molecule has 0 saturated heterocycles. The number of rotatable bonds is 5. The highest BCUT2D eigenvalue weighted by atomic mass is 79.9. The summed E-state index contributed by atoms with van der Waals surface area (Å²) in [5.74, 6) is 0.0838. The Labute approximate surface area is 128 Å². The minimum atomic E-state index is -0.170. The summed E-state index contributed by atoms with van der Waals surface area (Å²) in [6.45, 7) is 6.69. The minimum Gasteiger partial charge on any atom is -0.354 e. The zero-order valence-corrected chi connectivity index (χ0v) is 14.0. The summed E-state index contributed by atoms with van der Waals surface area (Å²) in [5, 5.41) is 2.80. The van der Waals surface area contributed by atoms with Crippen LogP contribution in [0.3, 0.4) is 0 Å². The molecule has 1 N–H and O–H groups in total. The molecule has 0 aromatic heterocycles. The van der Waals surface area contributed by atoms with Crippen LogP contribution >= 0.6 is 15.9 Å². The van der Waals surface area contributed by atoms with Crippen molar-refractivity contribution in [3.63, 3.8) is 0 Å². The fourth-order valence-corrected chi connectivity index (χ4v) is 2.32. The fourth-order valence-electron chi connectivity index (χ4n) is 1.66. The predicted octanol–water partition coefficient (Wildman–Crippen LogP) is 2.60. The number of hydrogen-bond donors (Lipinski definition) is 1. The molecule has 0 radical (unpaired) electrons. The molecule has 0 fully saturated rings. The summed E-state index contributed by atoms with van der Waals surface area (Å²) >= 11 is 3.38. The number of aryl methyl sites for hydroxylation is 1. The Morgan fingerprint density at radius 2 is 2.00 bits per heavy atom. The van der Waals surface area contributed by atoms with Gasteiger partial charge in [0.15, 0.2) is 0 Å². The van der Waals surface area contributed by atoms with E-state index in [0.717, 1.165) is 10.0 Å². The molecule has 1 aromatic rings. The normalized spacial score (nSPS) is 10.5. The van der Waals surface area contributed by atoms with Gasteiger partial charge in [-0.2, -0.15) is 0 Å². The summed E-state index contributed by atoms with van der Waals surface area (Å²) < 4.78 is 0.747. The number of likely N-dealkylation sites (N-methyl/N-ethyl adjacent to an activating group) is 1. The van der Waals surface area contributed by atoms with Crippen molar-refractivity contribution in [3.05, 3.63) is 33.8 Å². The second kappa shape index (κ2) is 7.43. The molecule has 0 unspecified atom stereocenters. The standard InChI is InChI=1S/C15H21BrN2O2/c1-10(2)8-17-14(19)9-18(4)15(20)12-6-5-11(3)7-13(12)16/h5-7,10H,8-9H2,1-4H3,(H,17,19). The van der Waals surface area contributed by atoms with Crippen molar-refractivity contribution in [3.8, 4) is 0 Å². The second-order valence-electron chi connectivity index (χ2n) is 5.34. The van der Waals surface area contributed by atoms with Gasteiger partial charge in [0, 0.05) is 18.1 Å². The van der Waals surface area contributed by atoms with Crippen molar-refractivity contribution in [2.24, 2.45) is 5.92 Å². The van der Waals surface area contributed by atoms with E-state index >= 15 is 0 Å². The molecule has 1 aromatic carbocycles. The first-order valence-electron chi connectivity index (χ1n) is 6.59. The van der Waals surface area contributed by atoms with E-state index in [1.807, 2.05) is 32.9 Å². The Balaban J connectivity index is 2.65. The molecule has 0 aliphatic heterocycles. The second-order valence-corrected chi connectivity index (χ2v) is 6.20. The molecule has 2 amide bonds. The monoisotopic (exact) mass is 340 g/mol. The van der Waals surface area contributed by atoms with E-state index in [4.69, 9.17) is 0 Å². The largest absolute Gasteiger partial charge is 0.354 e. The van der Waals surface area contributed by atoms with Crippen molar-refractivity contribution in [2.75, 3.05) is 20.1 Å². The Bertz CT molecular complexity index is 501. The number of benzene rings is 1. The van der Waals surface area contributed by atoms with Gasteiger partial charge >= 0.3 is 0 Å². The highest BCUT2D eigenvalue weighted by Gasteiger charge is 2.17. The molecule has 0 aliphatic carbocycles. The third-order valence-corrected chi connectivity index (χ3v) is 3.45. The zero-order chi connectivity index (χ0) is 15.3. The van der Waals surface area contributed by atoms with E-state index < -0.39 is 0 Å². The molecular formula is C15H21BrN2O2. The van der Waals surface area contributed by atoms with Gasteiger partial charge in [-0.05, 0) is 46.5 Å². The lowest BCUT2D eigenvalue weighted by atomic mass is 10.1. The van der Waals surface area contributed by atoms with Gasteiger partial charge in [-0.15, -0.1) is 0 Å². The van der Waals surface area contributed by atoms with E-state index in [0.29, 0.717) is 18.0 Å². The van der Waals surface area contributed by atoms with Crippen LogP contribution in [-0.2, 0) is 4.79 Å². The van der Waals surface area contributed by atoms with Crippen LogP contribution in [0.15, 0.2) is 22.7 Å². The Morgan fingerprint density at radius 1 is 1.35 bits per heavy atom. The van der Waals surface area contributed by atoms with Crippen LogP contribution in [0.25, 0.3) is 0 Å². The maximum atomic E-state index is 12.3. The Kier molecular flexibility index (Phi) is 6.20. The van der Waals surface area contributed by atoms with Crippen molar-refractivity contribution in [2.45, 2.75) is 20.8 Å². The van der Waals surface area contributed by atoms with Crippen LogP contribution < -0.4 is 5.32 Å². The fraction of sp³-hybridized carbons (Fsp3) is 0.467. The molecule has 4 nitrogen and oxygen atoms in total. The van der Waals surface area contributed by atoms with Crippen LogP contribution in [0.4, 0.5) is 0 Å². The number of hydrogen-bond acceptors (Lipinski definition) is 2. The van der Waals surface area contributed by atoms with Gasteiger partial charge in [0.05, 0.1) is 12.1 Å². The van der Waals surface area contributed by atoms with Crippen LogP contribution in [-0.4, -0.2) is 36.9 Å². The van der Waals surface area contributed by atoms with Crippen molar-refractivity contribution in [1.29, 1.82) is 0 Å². The molecule has 0 saturated carbocycles. The maximum Gasteiger partial charge on any atom is 0.255 e. The van der Waals surface area contributed by atoms with Crippen LogP contribution in [0.1, 0.15) is 29.8 Å². The lowest BCUT2D eigenvalue weighted by molar-refractivity contribution is -0.121. The molecular weight excluding hydrogens is 320 g/mol. The first-order chi connectivity index (χ1) is 9.31. The van der Waals surface area contributed by atoms with E-state index in [9.17, 15) is 9.59 Å². The molecule has 0 aliphatic rings. The van der Waals surface area contributed by atoms with Crippen LogP contribution in [0.5, 0.6) is 0 Å². The molecule has 0 heterocycles. The van der Waals surface area contributed by atoms with Gasteiger partial charge < -0.3 is 10.2 Å². The highest BCUT2D eigenvalue weighted by Crippen LogP contribution is 2.19. The smallest absolute Gasteiger partial charge is 0.255 e. The van der Waals surface area contributed by atoms with Crippen LogP contribution in [0, 0.1) is 12.8 Å².